The summed E-state index contributed by atoms with van der Waals surface area (Å²) in [5.41, 5.74) is 2.26. The van der Waals surface area contributed by atoms with Crippen LogP contribution in [0.25, 0.3) is 0 Å². The molecule has 0 bridgehead atoms. The summed E-state index contributed by atoms with van der Waals surface area (Å²) >= 11 is 5.90. The third kappa shape index (κ3) is 4.69. The zero-order valence-corrected chi connectivity index (χ0v) is 17.2. The summed E-state index contributed by atoms with van der Waals surface area (Å²) in [6.07, 6.45) is 5.06. The minimum Gasteiger partial charge on any atom is -0.370 e. The molecular formula is C20H24ClN3O2S. The number of hydrogen-bond donors (Lipinski definition) is 0. The van der Waals surface area contributed by atoms with Gasteiger partial charge in [0.05, 0.1) is 11.4 Å². The standard InChI is InChI=1S/C20H24ClN3O2S/c1-23(2)27(25,26)20-14-18(22-15-16-6-8-17(21)9-7-16)10-11-19(20)24-12-4-3-5-13-24/h6-11,14-15H,3-5,12-13H2,1-2H3. The molecule has 1 aliphatic heterocycles. The van der Waals surface area contributed by atoms with E-state index in [0.29, 0.717) is 15.6 Å². The van der Waals surface area contributed by atoms with Crippen molar-refractivity contribution < 1.29 is 8.42 Å². The normalized spacial score (nSPS) is 15.6. The number of hydrogen-bond acceptors (Lipinski definition) is 4. The number of rotatable bonds is 5. The van der Waals surface area contributed by atoms with Gasteiger partial charge in [0.25, 0.3) is 0 Å². The van der Waals surface area contributed by atoms with E-state index in [-0.39, 0.29) is 0 Å². The van der Waals surface area contributed by atoms with Gasteiger partial charge < -0.3 is 4.90 Å². The molecule has 0 atom stereocenters. The summed E-state index contributed by atoms with van der Waals surface area (Å²) < 4.78 is 27.0. The fraction of sp³-hybridized carbons (Fsp3) is 0.350. The van der Waals surface area contributed by atoms with Gasteiger partial charge in [-0.1, -0.05) is 23.7 Å². The van der Waals surface area contributed by atoms with E-state index in [1.165, 1.54) is 10.7 Å². The Morgan fingerprint density at radius 3 is 2.33 bits per heavy atom. The van der Waals surface area contributed by atoms with Crippen molar-refractivity contribution in [2.45, 2.75) is 24.2 Å². The van der Waals surface area contributed by atoms with Crippen LogP contribution in [0, 0.1) is 0 Å². The largest absolute Gasteiger partial charge is 0.370 e. The topological polar surface area (TPSA) is 53.0 Å². The number of benzene rings is 2. The van der Waals surface area contributed by atoms with Gasteiger partial charge in [0.15, 0.2) is 0 Å². The molecule has 0 aromatic heterocycles. The lowest BCUT2D eigenvalue weighted by molar-refractivity contribution is 0.519. The van der Waals surface area contributed by atoms with Crippen LogP contribution in [0.3, 0.4) is 0 Å². The van der Waals surface area contributed by atoms with Gasteiger partial charge in [-0.2, -0.15) is 0 Å². The van der Waals surface area contributed by atoms with Crippen LogP contribution in [0.5, 0.6) is 0 Å². The van der Waals surface area contributed by atoms with Crippen LogP contribution in [0.1, 0.15) is 24.8 Å². The second kappa shape index (κ2) is 8.42. The van der Waals surface area contributed by atoms with E-state index in [1.54, 1.807) is 38.5 Å². The second-order valence-corrected chi connectivity index (χ2v) is 9.35. The van der Waals surface area contributed by atoms with E-state index in [0.717, 1.165) is 37.2 Å². The average Bonchev–Trinajstić information content (AvgIpc) is 2.68. The molecule has 3 rings (SSSR count). The van der Waals surface area contributed by atoms with Crippen molar-refractivity contribution in [3.8, 4) is 0 Å². The van der Waals surface area contributed by atoms with Crippen molar-refractivity contribution in [2.75, 3.05) is 32.1 Å². The lowest BCUT2D eigenvalue weighted by Gasteiger charge is -2.31. The number of piperidine rings is 1. The highest BCUT2D eigenvalue weighted by Gasteiger charge is 2.25. The second-order valence-electron chi connectivity index (χ2n) is 6.80. The lowest BCUT2D eigenvalue weighted by atomic mass is 10.1. The van der Waals surface area contributed by atoms with Crippen molar-refractivity contribution in [2.24, 2.45) is 4.99 Å². The Labute approximate surface area is 166 Å². The minimum absolute atomic E-state index is 0.306. The highest BCUT2D eigenvalue weighted by Crippen LogP contribution is 2.32. The first-order chi connectivity index (χ1) is 12.9. The van der Waals surface area contributed by atoms with E-state index in [1.807, 2.05) is 24.3 Å². The van der Waals surface area contributed by atoms with Crippen LogP contribution >= 0.6 is 11.6 Å². The first kappa shape index (κ1) is 19.9. The SMILES string of the molecule is CN(C)S(=O)(=O)c1cc(N=Cc2ccc(Cl)cc2)ccc1N1CCCCC1. The quantitative estimate of drug-likeness (QED) is 0.695. The Balaban J connectivity index is 1.98. The Morgan fingerprint density at radius 1 is 1.04 bits per heavy atom. The molecule has 2 aromatic rings. The van der Waals surface area contributed by atoms with Crippen molar-refractivity contribution in [3.63, 3.8) is 0 Å². The first-order valence-corrected chi connectivity index (χ1v) is 10.8. The molecule has 5 nitrogen and oxygen atoms in total. The van der Waals surface area contributed by atoms with E-state index in [2.05, 4.69) is 9.89 Å². The van der Waals surface area contributed by atoms with Crippen LogP contribution in [-0.4, -0.2) is 46.1 Å². The average molecular weight is 406 g/mol. The van der Waals surface area contributed by atoms with Crippen LogP contribution in [0.2, 0.25) is 5.02 Å². The van der Waals surface area contributed by atoms with Crippen LogP contribution in [0.4, 0.5) is 11.4 Å². The third-order valence-corrected chi connectivity index (χ3v) is 6.73. The molecule has 0 unspecified atom stereocenters. The molecule has 0 amide bonds. The van der Waals surface area contributed by atoms with Gasteiger partial charge in [0.1, 0.15) is 4.90 Å². The maximum Gasteiger partial charge on any atom is 0.244 e. The monoisotopic (exact) mass is 405 g/mol. The summed E-state index contributed by atoms with van der Waals surface area (Å²) in [5, 5.41) is 0.664. The number of anilines is 1. The highest BCUT2D eigenvalue weighted by molar-refractivity contribution is 7.89. The zero-order chi connectivity index (χ0) is 19.4. The Hall–Kier alpha value is -1.89. The maximum absolute atomic E-state index is 12.9. The Kier molecular flexibility index (Phi) is 6.19. The summed E-state index contributed by atoms with van der Waals surface area (Å²) in [7, 11) is -0.459. The van der Waals surface area contributed by atoms with Crippen LogP contribution < -0.4 is 4.90 Å². The van der Waals surface area contributed by atoms with Crippen molar-refractivity contribution in [1.82, 2.24) is 4.31 Å². The molecule has 144 valence electrons. The van der Waals surface area contributed by atoms with E-state index in [9.17, 15) is 8.42 Å². The van der Waals surface area contributed by atoms with Gasteiger partial charge in [-0.05, 0) is 55.2 Å². The van der Waals surface area contributed by atoms with Gasteiger partial charge >= 0.3 is 0 Å². The van der Waals surface area contributed by atoms with Gasteiger partial charge in [-0.15, -0.1) is 0 Å². The molecule has 1 saturated heterocycles. The molecule has 1 heterocycles. The molecule has 2 aromatic carbocycles. The number of halogens is 1. The summed E-state index contributed by atoms with van der Waals surface area (Å²) in [4.78, 5) is 6.92. The zero-order valence-electron chi connectivity index (χ0n) is 15.6. The molecule has 0 N–H and O–H groups in total. The summed E-state index contributed by atoms with van der Waals surface area (Å²) in [6, 6.07) is 12.7. The first-order valence-electron chi connectivity index (χ1n) is 8.99. The predicted octanol–water partition coefficient (Wildman–Crippen LogP) is 4.33. The molecular weight excluding hydrogens is 382 g/mol. The Bertz CT molecular complexity index is 919. The van der Waals surface area contributed by atoms with Gasteiger partial charge in [-0.3, -0.25) is 4.99 Å². The third-order valence-electron chi connectivity index (χ3n) is 4.63. The molecule has 27 heavy (non-hydrogen) atoms. The molecule has 1 fully saturated rings. The van der Waals surface area contributed by atoms with Gasteiger partial charge in [-0.25, -0.2) is 12.7 Å². The molecule has 0 saturated carbocycles. The molecule has 0 aliphatic carbocycles. The summed E-state index contributed by atoms with van der Waals surface area (Å²) in [5.74, 6) is 0. The minimum atomic E-state index is -3.57. The maximum atomic E-state index is 12.9. The Morgan fingerprint density at radius 2 is 1.70 bits per heavy atom. The van der Waals surface area contributed by atoms with E-state index >= 15 is 0 Å². The molecule has 1 aliphatic rings. The van der Waals surface area contributed by atoms with Gasteiger partial charge in [0.2, 0.25) is 10.0 Å². The molecule has 7 heteroatoms. The fourth-order valence-electron chi connectivity index (χ4n) is 3.08. The number of sulfonamides is 1. The number of aliphatic imine (C=N–C) groups is 1. The van der Waals surface area contributed by atoms with E-state index in [4.69, 9.17) is 11.6 Å². The van der Waals surface area contributed by atoms with Crippen LogP contribution in [0.15, 0.2) is 52.4 Å². The fourth-order valence-corrected chi connectivity index (χ4v) is 4.33. The van der Waals surface area contributed by atoms with Crippen molar-refractivity contribution >= 4 is 39.2 Å². The molecule has 0 spiro atoms. The van der Waals surface area contributed by atoms with Crippen LogP contribution in [-0.2, 0) is 10.0 Å². The number of nitrogens with zero attached hydrogens (tertiary/aromatic N) is 3. The highest BCUT2D eigenvalue weighted by atomic mass is 35.5. The van der Waals surface area contributed by atoms with Crippen molar-refractivity contribution in [1.29, 1.82) is 0 Å². The smallest absolute Gasteiger partial charge is 0.244 e. The van der Waals surface area contributed by atoms with E-state index < -0.39 is 10.0 Å². The predicted molar refractivity (Wildman–Crippen MR) is 112 cm³/mol. The van der Waals surface area contributed by atoms with Gasteiger partial charge in [0, 0.05) is 38.4 Å². The summed E-state index contributed by atoms with van der Waals surface area (Å²) in [6.45, 7) is 1.76. The molecule has 0 radical (unpaired) electrons. The lowest BCUT2D eigenvalue weighted by Crippen LogP contribution is -2.32. The van der Waals surface area contributed by atoms with Crippen molar-refractivity contribution in [3.05, 3.63) is 53.1 Å².